The lowest BCUT2D eigenvalue weighted by molar-refractivity contribution is -0.143. The lowest BCUT2D eigenvalue weighted by Crippen LogP contribution is -2.29. The molecular weight excluding hydrogens is 376 g/mol. The van der Waals surface area contributed by atoms with Crippen LogP contribution < -0.4 is 0 Å². The largest absolute Gasteiger partial charge is 0.466 e. The average Bonchev–Trinajstić information content (AvgIpc) is 2.74. The smallest absolute Gasteiger partial charge is 0.305 e. The number of carbonyl (C=O) groups excluding carboxylic acids is 1. The van der Waals surface area contributed by atoms with E-state index in [4.69, 9.17) is 9.47 Å². The number of rotatable bonds is 23. The molecule has 0 saturated carbocycles. The van der Waals surface area contributed by atoms with Gasteiger partial charge in [0.05, 0.1) is 18.8 Å². The molecule has 2 unspecified atom stereocenters. The summed E-state index contributed by atoms with van der Waals surface area (Å²) < 4.78 is 11.2. The summed E-state index contributed by atoms with van der Waals surface area (Å²) >= 11 is 0. The predicted octanol–water partition coefficient (Wildman–Crippen LogP) is 7.36. The zero-order valence-corrected chi connectivity index (χ0v) is 20.5. The van der Waals surface area contributed by atoms with Crippen LogP contribution in [0.25, 0.3) is 0 Å². The van der Waals surface area contributed by atoms with E-state index in [1.807, 2.05) is 0 Å². The molecule has 30 heavy (non-hydrogen) atoms. The summed E-state index contributed by atoms with van der Waals surface area (Å²) in [5.74, 6) is -0.0503. The Balaban J connectivity index is 3.89. The summed E-state index contributed by atoms with van der Waals surface area (Å²) in [6.07, 6.45) is 19.1. The Labute approximate surface area is 187 Å². The number of ether oxygens (including phenoxy) is 2. The summed E-state index contributed by atoms with van der Waals surface area (Å²) in [6, 6.07) is 0. The van der Waals surface area contributed by atoms with Crippen LogP contribution in [0, 0.1) is 0 Å². The molecule has 180 valence electrons. The van der Waals surface area contributed by atoms with Gasteiger partial charge in [0.15, 0.2) is 0 Å². The van der Waals surface area contributed by atoms with Gasteiger partial charge in [0.1, 0.15) is 0 Å². The molecule has 0 rings (SSSR count). The molecule has 0 fully saturated rings. The zero-order chi connectivity index (χ0) is 22.3. The van der Waals surface area contributed by atoms with Crippen molar-refractivity contribution in [3.8, 4) is 0 Å². The molecule has 0 saturated heterocycles. The molecular formula is C26H52O4. The number of aliphatic hydroxyl groups excluding tert-OH is 1. The van der Waals surface area contributed by atoms with Crippen molar-refractivity contribution in [3.63, 3.8) is 0 Å². The maximum Gasteiger partial charge on any atom is 0.305 e. The summed E-state index contributed by atoms with van der Waals surface area (Å²) in [4.78, 5) is 11.6. The molecule has 0 aromatic heterocycles. The molecule has 0 aliphatic rings. The van der Waals surface area contributed by atoms with Crippen LogP contribution in [0.15, 0.2) is 0 Å². The van der Waals surface area contributed by atoms with E-state index < -0.39 is 0 Å². The van der Waals surface area contributed by atoms with Crippen molar-refractivity contribution in [1.82, 2.24) is 0 Å². The second kappa shape index (κ2) is 23.1. The van der Waals surface area contributed by atoms with Crippen LogP contribution in [0.2, 0.25) is 0 Å². The number of unbranched alkanes of at least 4 members (excludes halogenated alkanes) is 11. The summed E-state index contributed by atoms with van der Waals surface area (Å²) in [7, 11) is 0. The highest BCUT2D eigenvalue weighted by molar-refractivity contribution is 5.69. The summed E-state index contributed by atoms with van der Waals surface area (Å²) in [6.45, 7) is 7.83. The van der Waals surface area contributed by atoms with Crippen LogP contribution in [0.4, 0.5) is 0 Å². The first-order valence-corrected chi connectivity index (χ1v) is 13.1. The van der Waals surface area contributed by atoms with Crippen molar-refractivity contribution in [3.05, 3.63) is 0 Å². The molecule has 0 amide bonds. The van der Waals surface area contributed by atoms with E-state index in [0.717, 1.165) is 83.7 Å². The Kier molecular flexibility index (Phi) is 22.6. The highest BCUT2D eigenvalue weighted by Gasteiger charge is 2.19. The van der Waals surface area contributed by atoms with Crippen molar-refractivity contribution in [1.29, 1.82) is 0 Å². The van der Waals surface area contributed by atoms with E-state index >= 15 is 0 Å². The van der Waals surface area contributed by atoms with Gasteiger partial charge in [0.2, 0.25) is 0 Å². The minimum Gasteiger partial charge on any atom is -0.466 e. The molecule has 0 radical (unpaired) electrons. The van der Waals surface area contributed by atoms with Gasteiger partial charge < -0.3 is 14.6 Å². The fraction of sp³-hybridized carbons (Fsp3) is 0.962. The van der Waals surface area contributed by atoms with Crippen molar-refractivity contribution in [2.75, 3.05) is 13.2 Å². The lowest BCUT2D eigenvalue weighted by atomic mass is 9.99. The van der Waals surface area contributed by atoms with Crippen LogP contribution in [0.5, 0.6) is 0 Å². The third kappa shape index (κ3) is 19.4. The Morgan fingerprint density at radius 3 is 1.87 bits per heavy atom. The van der Waals surface area contributed by atoms with E-state index in [1.165, 1.54) is 32.1 Å². The van der Waals surface area contributed by atoms with Crippen LogP contribution in [-0.4, -0.2) is 36.5 Å². The molecule has 0 aromatic carbocycles. The van der Waals surface area contributed by atoms with E-state index in [2.05, 4.69) is 20.8 Å². The van der Waals surface area contributed by atoms with Gasteiger partial charge in [-0.2, -0.15) is 0 Å². The summed E-state index contributed by atoms with van der Waals surface area (Å²) in [5, 5.41) is 10.6. The van der Waals surface area contributed by atoms with Gasteiger partial charge >= 0.3 is 5.97 Å². The van der Waals surface area contributed by atoms with E-state index in [-0.39, 0.29) is 18.2 Å². The predicted molar refractivity (Wildman–Crippen MR) is 127 cm³/mol. The zero-order valence-electron chi connectivity index (χ0n) is 20.5. The van der Waals surface area contributed by atoms with E-state index in [1.54, 1.807) is 0 Å². The molecule has 0 bridgehead atoms. The van der Waals surface area contributed by atoms with Crippen LogP contribution in [0.3, 0.4) is 0 Å². The number of hydrogen-bond acceptors (Lipinski definition) is 4. The van der Waals surface area contributed by atoms with Gasteiger partial charge in [-0.05, 0) is 32.1 Å². The number of aliphatic hydroxyl groups is 1. The van der Waals surface area contributed by atoms with Gasteiger partial charge in [0, 0.05) is 13.0 Å². The molecule has 4 nitrogen and oxygen atoms in total. The Morgan fingerprint density at radius 1 is 0.667 bits per heavy atom. The van der Waals surface area contributed by atoms with Gasteiger partial charge in [0.25, 0.3) is 0 Å². The highest BCUT2D eigenvalue weighted by atomic mass is 16.5. The average molecular weight is 429 g/mol. The fourth-order valence-corrected chi connectivity index (χ4v) is 3.63. The molecule has 0 spiro atoms. The second-order valence-corrected chi connectivity index (χ2v) is 8.77. The van der Waals surface area contributed by atoms with Crippen molar-refractivity contribution in [2.45, 2.75) is 149 Å². The van der Waals surface area contributed by atoms with Crippen molar-refractivity contribution in [2.24, 2.45) is 0 Å². The molecule has 0 aliphatic heterocycles. The monoisotopic (exact) mass is 428 g/mol. The first kappa shape index (κ1) is 29.4. The van der Waals surface area contributed by atoms with Gasteiger partial charge in [-0.15, -0.1) is 0 Å². The molecule has 2 atom stereocenters. The fourth-order valence-electron chi connectivity index (χ4n) is 3.63. The normalized spacial score (nSPS) is 13.3. The molecule has 0 aromatic rings. The van der Waals surface area contributed by atoms with E-state index in [0.29, 0.717) is 13.0 Å². The molecule has 0 heterocycles. The van der Waals surface area contributed by atoms with Crippen molar-refractivity contribution < 1.29 is 19.4 Å². The lowest BCUT2D eigenvalue weighted by Gasteiger charge is -2.23. The van der Waals surface area contributed by atoms with Crippen LogP contribution in [0.1, 0.15) is 136 Å². The molecule has 4 heteroatoms. The highest BCUT2D eigenvalue weighted by Crippen LogP contribution is 2.18. The first-order valence-electron chi connectivity index (χ1n) is 13.1. The van der Waals surface area contributed by atoms with Gasteiger partial charge in [-0.1, -0.05) is 97.8 Å². The van der Waals surface area contributed by atoms with Crippen molar-refractivity contribution >= 4 is 5.97 Å². The third-order valence-electron chi connectivity index (χ3n) is 5.74. The second-order valence-electron chi connectivity index (χ2n) is 8.77. The molecule has 1 N–H and O–H groups in total. The SMILES string of the molecule is CCCCCCCCC(O)C(CCCCCCCC(=O)OCCCC)OCCCC. The minimum absolute atomic E-state index is 0.0132. The molecule has 0 aliphatic carbocycles. The van der Waals surface area contributed by atoms with Crippen LogP contribution >= 0.6 is 0 Å². The Morgan fingerprint density at radius 2 is 1.20 bits per heavy atom. The minimum atomic E-state index is -0.328. The topological polar surface area (TPSA) is 55.8 Å². The Bertz CT molecular complexity index is 359. The Hall–Kier alpha value is -0.610. The van der Waals surface area contributed by atoms with Crippen LogP contribution in [-0.2, 0) is 14.3 Å². The van der Waals surface area contributed by atoms with Gasteiger partial charge in [-0.3, -0.25) is 4.79 Å². The maximum absolute atomic E-state index is 11.6. The number of hydrogen-bond donors (Lipinski definition) is 1. The number of carbonyl (C=O) groups is 1. The third-order valence-corrected chi connectivity index (χ3v) is 5.74. The first-order chi connectivity index (χ1) is 14.7. The number of esters is 1. The van der Waals surface area contributed by atoms with Gasteiger partial charge in [-0.25, -0.2) is 0 Å². The van der Waals surface area contributed by atoms with E-state index in [9.17, 15) is 9.90 Å². The summed E-state index contributed by atoms with van der Waals surface area (Å²) in [5.41, 5.74) is 0. The standard InChI is InChI=1S/C26H52O4/c1-4-7-10-11-13-16-19-24(27)25(29-22-8-5-2)20-17-14-12-15-18-21-26(28)30-23-9-6-3/h24-25,27H,4-23H2,1-3H3. The quantitative estimate of drug-likeness (QED) is 0.136. The maximum atomic E-state index is 11.6.